The lowest BCUT2D eigenvalue weighted by Gasteiger charge is -2.27. The van der Waals surface area contributed by atoms with Crippen molar-refractivity contribution in [3.8, 4) is 5.75 Å². The zero-order valence-electron chi connectivity index (χ0n) is 14.1. The molecular formula is C18H19N3O4. The summed E-state index contributed by atoms with van der Waals surface area (Å²) in [6.45, 7) is 8.01. The highest BCUT2D eigenvalue weighted by Crippen LogP contribution is 2.38. The molecule has 25 heavy (non-hydrogen) atoms. The van der Waals surface area contributed by atoms with Gasteiger partial charge in [-0.3, -0.25) is 9.59 Å². The lowest BCUT2D eigenvalue weighted by atomic mass is 9.93. The molecule has 0 saturated heterocycles. The summed E-state index contributed by atoms with van der Waals surface area (Å²) in [4.78, 5) is 26.5. The van der Waals surface area contributed by atoms with Gasteiger partial charge >= 0.3 is 0 Å². The largest absolute Gasteiger partial charge is 0.490 e. The summed E-state index contributed by atoms with van der Waals surface area (Å²) in [5.41, 5.74) is 0.518. The van der Waals surface area contributed by atoms with Gasteiger partial charge < -0.3 is 19.5 Å². The van der Waals surface area contributed by atoms with E-state index in [4.69, 9.17) is 9.26 Å². The smallest absolute Gasteiger partial charge is 0.294 e. The van der Waals surface area contributed by atoms with E-state index in [1.807, 2.05) is 13.8 Å². The van der Waals surface area contributed by atoms with Crippen LogP contribution >= 0.6 is 0 Å². The summed E-state index contributed by atoms with van der Waals surface area (Å²) in [7, 11) is 0. The van der Waals surface area contributed by atoms with E-state index in [0.717, 1.165) is 0 Å². The van der Waals surface area contributed by atoms with E-state index < -0.39 is 11.3 Å². The Labute approximate surface area is 145 Å². The molecule has 1 aromatic heterocycles. The number of amides is 2. The van der Waals surface area contributed by atoms with Crippen LogP contribution in [0.1, 0.15) is 24.4 Å². The Balaban J connectivity index is 1.91. The average molecular weight is 341 g/mol. The summed E-state index contributed by atoms with van der Waals surface area (Å²) in [5, 5.41) is 6.23. The van der Waals surface area contributed by atoms with Crippen LogP contribution in [0.2, 0.25) is 0 Å². The van der Waals surface area contributed by atoms with Gasteiger partial charge in [0.2, 0.25) is 11.7 Å². The Morgan fingerprint density at radius 2 is 2.24 bits per heavy atom. The van der Waals surface area contributed by atoms with E-state index >= 15 is 0 Å². The number of nitrogens with one attached hydrogen (secondary N) is 1. The normalized spacial score (nSPS) is 15.8. The van der Waals surface area contributed by atoms with Gasteiger partial charge in [0, 0.05) is 24.4 Å². The Morgan fingerprint density at radius 1 is 1.44 bits per heavy atom. The number of carbonyl (C=O) groups excluding carboxylic acids is 2. The number of anilines is 2. The third-order valence-electron chi connectivity index (χ3n) is 3.89. The second-order valence-corrected chi connectivity index (χ2v) is 6.39. The molecule has 7 nitrogen and oxygen atoms in total. The Hall–Kier alpha value is -3.09. The Bertz CT molecular complexity index is 812. The fraction of sp³-hybridized carbons (Fsp3) is 0.278. The number of ether oxygens (including phenoxy) is 1. The first-order chi connectivity index (χ1) is 11.9. The van der Waals surface area contributed by atoms with Crippen LogP contribution in [0.15, 0.2) is 47.6 Å². The molecule has 1 aromatic carbocycles. The Morgan fingerprint density at radius 3 is 2.92 bits per heavy atom. The molecule has 2 amide bonds. The molecule has 0 atom stereocenters. The number of benzene rings is 1. The molecule has 1 aliphatic rings. The van der Waals surface area contributed by atoms with Crippen LogP contribution in [0.25, 0.3) is 0 Å². The SMILES string of the molecule is C=CCN1C(=O)C(C)(C)COc2cc(NC(=O)c3ccno3)ccc21. The summed E-state index contributed by atoms with van der Waals surface area (Å²) in [6, 6.07) is 6.61. The molecule has 7 heteroatoms. The van der Waals surface area contributed by atoms with Crippen LogP contribution in [-0.4, -0.2) is 30.1 Å². The number of nitrogens with zero attached hydrogens (tertiary/aromatic N) is 2. The summed E-state index contributed by atoms with van der Waals surface area (Å²) in [6.07, 6.45) is 3.07. The molecule has 0 saturated carbocycles. The minimum absolute atomic E-state index is 0.0374. The number of carbonyl (C=O) groups is 2. The maximum atomic E-state index is 12.7. The highest BCUT2D eigenvalue weighted by Gasteiger charge is 2.37. The number of fused-ring (bicyclic) bond motifs is 1. The van der Waals surface area contributed by atoms with Crippen molar-refractivity contribution in [3.05, 3.63) is 48.9 Å². The van der Waals surface area contributed by atoms with Crippen molar-refractivity contribution in [2.45, 2.75) is 13.8 Å². The van der Waals surface area contributed by atoms with Gasteiger partial charge in [0.05, 0.1) is 17.3 Å². The molecule has 0 radical (unpaired) electrons. The first-order valence-corrected chi connectivity index (χ1v) is 7.84. The topological polar surface area (TPSA) is 84.7 Å². The van der Waals surface area contributed by atoms with Gasteiger partial charge in [0.15, 0.2) is 0 Å². The summed E-state index contributed by atoms with van der Waals surface area (Å²) >= 11 is 0. The molecule has 0 bridgehead atoms. The molecule has 2 heterocycles. The van der Waals surface area contributed by atoms with Crippen LogP contribution < -0.4 is 15.0 Å². The molecule has 0 aliphatic carbocycles. The van der Waals surface area contributed by atoms with E-state index in [9.17, 15) is 9.59 Å². The first-order valence-electron chi connectivity index (χ1n) is 7.84. The molecule has 2 aromatic rings. The minimum atomic E-state index is -0.661. The summed E-state index contributed by atoms with van der Waals surface area (Å²) < 4.78 is 10.7. The molecule has 0 fully saturated rings. The summed E-state index contributed by atoms with van der Waals surface area (Å²) in [5.74, 6) is 0.187. The predicted molar refractivity (Wildman–Crippen MR) is 92.7 cm³/mol. The number of rotatable bonds is 4. The van der Waals surface area contributed by atoms with Crippen LogP contribution in [0.3, 0.4) is 0 Å². The molecule has 1 aliphatic heterocycles. The van der Waals surface area contributed by atoms with Gasteiger partial charge in [-0.25, -0.2) is 0 Å². The first kappa shape index (κ1) is 16.8. The van der Waals surface area contributed by atoms with Crippen LogP contribution in [0.4, 0.5) is 11.4 Å². The highest BCUT2D eigenvalue weighted by atomic mass is 16.5. The van der Waals surface area contributed by atoms with E-state index in [2.05, 4.69) is 17.1 Å². The quantitative estimate of drug-likeness (QED) is 0.865. The van der Waals surface area contributed by atoms with E-state index in [1.165, 1.54) is 12.3 Å². The molecular weight excluding hydrogens is 322 g/mol. The number of hydrogen-bond donors (Lipinski definition) is 1. The highest BCUT2D eigenvalue weighted by molar-refractivity contribution is 6.03. The van der Waals surface area contributed by atoms with Crippen molar-refractivity contribution in [2.24, 2.45) is 5.41 Å². The molecule has 0 spiro atoms. The van der Waals surface area contributed by atoms with E-state index in [0.29, 0.717) is 23.7 Å². The molecule has 1 N–H and O–H groups in total. The van der Waals surface area contributed by atoms with Crippen molar-refractivity contribution < 1.29 is 18.8 Å². The van der Waals surface area contributed by atoms with Gasteiger partial charge in [-0.1, -0.05) is 11.2 Å². The standard InChI is InChI=1S/C18H19N3O4/c1-4-9-21-13-6-5-12(20-16(22)14-7-8-19-25-14)10-15(13)24-11-18(2,3)17(21)23/h4-8,10H,1,9,11H2,2-3H3,(H,20,22). The second kappa shape index (κ2) is 6.43. The number of aromatic nitrogens is 1. The monoisotopic (exact) mass is 341 g/mol. The molecule has 3 rings (SSSR count). The maximum absolute atomic E-state index is 12.7. The third-order valence-corrected chi connectivity index (χ3v) is 3.89. The van der Waals surface area contributed by atoms with Crippen molar-refractivity contribution >= 4 is 23.2 Å². The fourth-order valence-electron chi connectivity index (χ4n) is 2.56. The van der Waals surface area contributed by atoms with E-state index in [-0.39, 0.29) is 18.3 Å². The van der Waals surface area contributed by atoms with Crippen LogP contribution in [0.5, 0.6) is 5.75 Å². The fourth-order valence-corrected chi connectivity index (χ4v) is 2.56. The van der Waals surface area contributed by atoms with Gasteiger partial charge in [-0.15, -0.1) is 6.58 Å². The van der Waals surface area contributed by atoms with Gasteiger partial charge in [0.1, 0.15) is 12.4 Å². The van der Waals surface area contributed by atoms with Gasteiger partial charge in [-0.2, -0.15) is 0 Å². The predicted octanol–water partition coefficient (Wildman–Crippen LogP) is 2.86. The van der Waals surface area contributed by atoms with Crippen molar-refractivity contribution in [2.75, 3.05) is 23.4 Å². The number of hydrogen-bond acceptors (Lipinski definition) is 5. The molecule has 130 valence electrons. The van der Waals surface area contributed by atoms with Crippen LogP contribution in [-0.2, 0) is 4.79 Å². The minimum Gasteiger partial charge on any atom is -0.490 e. The second-order valence-electron chi connectivity index (χ2n) is 6.39. The van der Waals surface area contributed by atoms with E-state index in [1.54, 1.807) is 29.2 Å². The zero-order valence-corrected chi connectivity index (χ0v) is 14.1. The van der Waals surface area contributed by atoms with Crippen molar-refractivity contribution in [3.63, 3.8) is 0 Å². The lowest BCUT2D eigenvalue weighted by Crippen LogP contribution is -2.42. The van der Waals surface area contributed by atoms with Gasteiger partial charge in [-0.05, 0) is 26.0 Å². The van der Waals surface area contributed by atoms with Crippen LogP contribution in [0, 0.1) is 5.41 Å². The molecule has 0 unspecified atom stereocenters. The zero-order chi connectivity index (χ0) is 18.0. The van der Waals surface area contributed by atoms with Crippen molar-refractivity contribution in [1.82, 2.24) is 5.16 Å². The van der Waals surface area contributed by atoms with Crippen molar-refractivity contribution in [1.29, 1.82) is 0 Å². The van der Waals surface area contributed by atoms with Gasteiger partial charge in [0.25, 0.3) is 5.91 Å². The third kappa shape index (κ3) is 3.26. The lowest BCUT2D eigenvalue weighted by molar-refractivity contribution is -0.127. The maximum Gasteiger partial charge on any atom is 0.294 e. The Kier molecular flexibility index (Phi) is 4.31. The average Bonchev–Trinajstić information content (AvgIpc) is 3.10.